The molecule has 200 valence electrons. The third kappa shape index (κ3) is 7.03. The zero-order chi connectivity index (χ0) is 27.4. The van der Waals surface area contributed by atoms with Gasteiger partial charge >= 0.3 is 0 Å². The summed E-state index contributed by atoms with van der Waals surface area (Å²) in [5.41, 5.74) is 3.40. The molecule has 0 aliphatic carbocycles. The average molecular weight is 523 g/mol. The minimum absolute atomic E-state index is 0.0928. The molecule has 1 N–H and O–H groups in total. The van der Waals surface area contributed by atoms with Crippen molar-refractivity contribution >= 4 is 9.84 Å². The van der Waals surface area contributed by atoms with Gasteiger partial charge in [0.1, 0.15) is 12.4 Å². The molecule has 1 aliphatic rings. The number of aliphatic hydroxyl groups excluding tert-OH is 1. The third-order valence-corrected chi connectivity index (χ3v) is 8.84. The molecule has 0 unspecified atom stereocenters. The number of ether oxygens (including phenoxy) is 1. The van der Waals surface area contributed by atoms with Crippen molar-refractivity contribution in [2.75, 3.05) is 5.75 Å². The molecule has 0 bridgehead atoms. The average Bonchev–Trinajstić information content (AvgIpc) is 2.90. The van der Waals surface area contributed by atoms with Crippen LogP contribution in [0.2, 0.25) is 0 Å². The van der Waals surface area contributed by atoms with Crippen LogP contribution >= 0.6 is 0 Å². The van der Waals surface area contributed by atoms with Gasteiger partial charge < -0.3 is 9.84 Å². The van der Waals surface area contributed by atoms with E-state index in [2.05, 4.69) is 45.0 Å². The van der Waals surface area contributed by atoms with Crippen molar-refractivity contribution < 1.29 is 18.3 Å². The highest BCUT2D eigenvalue weighted by atomic mass is 32.2. The molecule has 0 saturated carbocycles. The largest absolute Gasteiger partial charge is 0.489 e. The van der Waals surface area contributed by atoms with Crippen LogP contribution in [0.25, 0.3) is 0 Å². The van der Waals surface area contributed by atoms with Gasteiger partial charge in [-0.15, -0.1) is 0 Å². The molecule has 0 saturated heterocycles. The van der Waals surface area contributed by atoms with Crippen LogP contribution in [0.4, 0.5) is 0 Å². The monoisotopic (exact) mass is 522 g/mol. The van der Waals surface area contributed by atoms with Gasteiger partial charge in [-0.05, 0) is 52.3 Å². The van der Waals surface area contributed by atoms with Gasteiger partial charge in [-0.25, -0.2) is 8.42 Å². The number of rotatable bonds is 5. The Balaban J connectivity index is 0.00000186. The summed E-state index contributed by atoms with van der Waals surface area (Å²) in [6.45, 7) is 14.8. The Morgan fingerprint density at radius 3 is 2.05 bits per heavy atom. The molecule has 37 heavy (non-hydrogen) atoms. The Kier molecular flexibility index (Phi) is 8.92. The fourth-order valence-electron chi connectivity index (χ4n) is 4.96. The first kappa shape index (κ1) is 28.9. The van der Waals surface area contributed by atoms with E-state index in [-0.39, 0.29) is 11.2 Å². The Morgan fingerprint density at radius 2 is 1.46 bits per heavy atom. The number of hydrogen-bond donors (Lipinski definition) is 1. The van der Waals surface area contributed by atoms with Crippen LogP contribution in [-0.2, 0) is 22.9 Å². The van der Waals surface area contributed by atoms with Crippen molar-refractivity contribution in [3.05, 3.63) is 95.1 Å². The Bertz CT molecular complexity index is 1270. The van der Waals surface area contributed by atoms with E-state index in [9.17, 15) is 13.5 Å². The summed E-state index contributed by atoms with van der Waals surface area (Å²) < 4.78 is 32.1. The molecule has 4 rings (SSSR count). The van der Waals surface area contributed by atoms with Gasteiger partial charge in [0.25, 0.3) is 0 Å². The molecule has 0 spiro atoms. The second-order valence-corrected chi connectivity index (χ2v) is 13.6. The van der Waals surface area contributed by atoms with Gasteiger partial charge in [-0.1, -0.05) is 103 Å². The Morgan fingerprint density at radius 1 is 0.892 bits per heavy atom. The Labute approximate surface area is 223 Å². The maximum absolute atomic E-state index is 13.1. The molecule has 4 nitrogen and oxygen atoms in total. The highest BCUT2D eigenvalue weighted by Crippen LogP contribution is 2.44. The molecule has 1 aliphatic heterocycles. The Hall–Kier alpha value is -2.63. The second kappa shape index (κ2) is 11.4. The van der Waals surface area contributed by atoms with E-state index in [4.69, 9.17) is 4.74 Å². The predicted octanol–water partition coefficient (Wildman–Crippen LogP) is 7.19. The maximum atomic E-state index is 13.1. The molecular weight excluding hydrogens is 480 g/mol. The molecule has 3 aromatic rings. The number of fused-ring (bicyclic) bond motifs is 1. The van der Waals surface area contributed by atoms with Crippen LogP contribution in [-0.4, -0.2) is 25.4 Å². The number of benzene rings is 3. The van der Waals surface area contributed by atoms with Crippen LogP contribution in [0, 0.1) is 10.8 Å². The summed E-state index contributed by atoms with van der Waals surface area (Å²) in [6, 6.07) is 23.2. The zero-order valence-electron chi connectivity index (χ0n) is 23.3. The highest BCUT2D eigenvalue weighted by Gasteiger charge is 2.44. The topological polar surface area (TPSA) is 63.6 Å². The second-order valence-electron chi connectivity index (χ2n) is 11.6. The molecule has 5 heteroatoms. The van der Waals surface area contributed by atoms with Crippen molar-refractivity contribution in [3.8, 4) is 5.75 Å². The van der Waals surface area contributed by atoms with E-state index < -0.39 is 27.3 Å². The van der Waals surface area contributed by atoms with Gasteiger partial charge in [0.2, 0.25) is 0 Å². The lowest BCUT2D eigenvalue weighted by Gasteiger charge is -2.33. The van der Waals surface area contributed by atoms with E-state index in [0.29, 0.717) is 17.1 Å². The SMILES string of the molecule is CC.CC(C)(C)Cc1ccc(COc2ccc([C@H]3c4ccccc4S(=O)(=O)CC(C)(C)[C@H]3O)cc2)cc1. The summed E-state index contributed by atoms with van der Waals surface area (Å²) >= 11 is 0. The lowest BCUT2D eigenvalue weighted by atomic mass is 9.75. The van der Waals surface area contributed by atoms with Crippen molar-refractivity contribution in [2.24, 2.45) is 10.8 Å². The smallest absolute Gasteiger partial charge is 0.179 e. The summed E-state index contributed by atoms with van der Waals surface area (Å²) in [7, 11) is -3.51. The molecule has 0 radical (unpaired) electrons. The van der Waals surface area contributed by atoms with Crippen molar-refractivity contribution in [2.45, 2.75) is 78.4 Å². The minimum atomic E-state index is -3.51. The molecule has 1 heterocycles. The molecule has 0 amide bonds. The lowest BCUT2D eigenvalue weighted by molar-refractivity contribution is 0.0521. The first-order valence-corrected chi connectivity index (χ1v) is 14.8. The van der Waals surface area contributed by atoms with Crippen LogP contribution in [0.3, 0.4) is 0 Å². The predicted molar refractivity (Wildman–Crippen MR) is 152 cm³/mol. The molecular formula is C32H42O4S. The lowest BCUT2D eigenvalue weighted by Crippen LogP contribution is -2.37. The zero-order valence-corrected chi connectivity index (χ0v) is 24.1. The first-order valence-electron chi connectivity index (χ1n) is 13.2. The van der Waals surface area contributed by atoms with Gasteiger partial charge in [0.05, 0.1) is 16.8 Å². The maximum Gasteiger partial charge on any atom is 0.179 e. The van der Waals surface area contributed by atoms with Gasteiger partial charge in [0, 0.05) is 11.3 Å². The summed E-state index contributed by atoms with van der Waals surface area (Å²) in [5, 5.41) is 11.3. The van der Waals surface area contributed by atoms with Crippen molar-refractivity contribution in [3.63, 3.8) is 0 Å². The fourth-order valence-corrected chi connectivity index (χ4v) is 7.11. The van der Waals surface area contributed by atoms with E-state index in [1.165, 1.54) is 5.56 Å². The molecule has 0 fully saturated rings. The van der Waals surface area contributed by atoms with E-state index >= 15 is 0 Å². The van der Waals surface area contributed by atoms with Gasteiger partial charge in [-0.3, -0.25) is 0 Å². The normalized spacial score (nSPS) is 20.1. The fraction of sp³-hybridized carbons (Fsp3) is 0.438. The van der Waals surface area contributed by atoms with Crippen LogP contribution in [0.5, 0.6) is 5.75 Å². The third-order valence-electron chi connectivity index (χ3n) is 6.67. The summed E-state index contributed by atoms with van der Waals surface area (Å²) in [4.78, 5) is 0.310. The summed E-state index contributed by atoms with van der Waals surface area (Å²) in [5.74, 6) is 0.198. The van der Waals surface area contributed by atoms with Gasteiger partial charge in [0.15, 0.2) is 9.84 Å². The van der Waals surface area contributed by atoms with E-state index in [1.54, 1.807) is 12.1 Å². The molecule has 0 aromatic heterocycles. The molecule has 2 atom stereocenters. The number of aliphatic hydroxyl groups is 1. The quantitative estimate of drug-likeness (QED) is 0.385. The van der Waals surface area contributed by atoms with Gasteiger partial charge in [-0.2, -0.15) is 0 Å². The van der Waals surface area contributed by atoms with E-state index in [1.807, 2.05) is 64.1 Å². The number of hydrogen-bond acceptors (Lipinski definition) is 4. The van der Waals surface area contributed by atoms with E-state index in [0.717, 1.165) is 23.3 Å². The standard InChI is InChI=1S/C30H36O4S.C2H6/c1-29(2,3)18-21-10-12-22(13-11-21)19-34-24-16-14-23(15-17-24)27-25-8-6-7-9-26(25)35(32,33)20-30(4,5)28(27)31;1-2/h6-17,27-28,31H,18-20H2,1-5H3;1-2H3/t27-,28-;/m0./s1. The highest BCUT2D eigenvalue weighted by molar-refractivity contribution is 7.91. The number of sulfone groups is 1. The minimum Gasteiger partial charge on any atom is -0.489 e. The first-order chi connectivity index (χ1) is 17.4. The van der Waals surface area contributed by atoms with Crippen molar-refractivity contribution in [1.29, 1.82) is 0 Å². The molecule has 3 aromatic carbocycles. The summed E-state index contributed by atoms with van der Waals surface area (Å²) in [6.07, 6.45) is 0.184. The van der Waals surface area contributed by atoms with Crippen molar-refractivity contribution in [1.82, 2.24) is 0 Å². The van der Waals surface area contributed by atoms with Crippen LogP contribution < -0.4 is 4.74 Å². The van der Waals surface area contributed by atoms with Crippen LogP contribution in [0.15, 0.2) is 77.7 Å². The van der Waals surface area contributed by atoms with Crippen LogP contribution in [0.1, 0.15) is 76.6 Å².